The summed E-state index contributed by atoms with van der Waals surface area (Å²) in [5.41, 5.74) is 2.30. The molecule has 8 heteroatoms. The first-order chi connectivity index (χ1) is 14.5. The van der Waals surface area contributed by atoms with Crippen LogP contribution in [-0.2, 0) is 6.61 Å². The second kappa shape index (κ2) is 9.94. The van der Waals surface area contributed by atoms with Crippen LogP contribution in [0.25, 0.3) is 11.1 Å². The maximum atomic E-state index is 12.9. The van der Waals surface area contributed by atoms with E-state index >= 15 is 0 Å². The summed E-state index contributed by atoms with van der Waals surface area (Å²) in [5.74, 6) is 0.331. The van der Waals surface area contributed by atoms with Crippen molar-refractivity contribution in [2.24, 2.45) is 0 Å². The van der Waals surface area contributed by atoms with Gasteiger partial charge in [0, 0.05) is 13.1 Å². The molecule has 0 radical (unpaired) electrons. The molecule has 1 aliphatic heterocycles. The molecule has 1 saturated heterocycles. The monoisotopic (exact) mass is 451 g/mol. The Bertz CT molecular complexity index is 995. The lowest BCUT2D eigenvalue weighted by molar-refractivity contribution is -0.275. The van der Waals surface area contributed by atoms with Gasteiger partial charge in [0.15, 0.2) is 11.5 Å². The molecule has 4 rings (SSSR count). The van der Waals surface area contributed by atoms with Crippen LogP contribution in [0.5, 0.6) is 17.2 Å². The lowest BCUT2D eigenvalue weighted by atomic mass is 10.0. The Morgan fingerprint density at radius 2 is 1.58 bits per heavy atom. The molecule has 0 saturated carbocycles. The van der Waals surface area contributed by atoms with E-state index in [4.69, 9.17) is 9.47 Å². The molecule has 0 spiro atoms. The van der Waals surface area contributed by atoms with Crippen LogP contribution in [0.3, 0.4) is 0 Å². The van der Waals surface area contributed by atoms with Gasteiger partial charge in [0.05, 0.1) is 0 Å². The summed E-state index contributed by atoms with van der Waals surface area (Å²) in [5, 5.41) is 3.01. The zero-order valence-electron chi connectivity index (χ0n) is 16.4. The molecule has 3 aromatic rings. The van der Waals surface area contributed by atoms with Gasteiger partial charge in [0.25, 0.3) is 0 Å². The van der Waals surface area contributed by atoms with E-state index in [1.807, 2.05) is 30.3 Å². The van der Waals surface area contributed by atoms with Crippen LogP contribution in [-0.4, -0.2) is 25.6 Å². The van der Waals surface area contributed by atoms with Gasteiger partial charge in [-0.15, -0.1) is 25.6 Å². The van der Waals surface area contributed by atoms with Crippen LogP contribution in [0.4, 0.5) is 13.2 Å². The van der Waals surface area contributed by atoms with Crippen LogP contribution < -0.4 is 19.5 Å². The Labute approximate surface area is 184 Å². The minimum Gasteiger partial charge on any atom is -0.489 e. The average molecular weight is 452 g/mol. The second-order valence-corrected chi connectivity index (χ2v) is 6.91. The molecule has 3 aromatic carbocycles. The molecule has 0 aliphatic carbocycles. The van der Waals surface area contributed by atoms with E-state index in [0.29, 0.717) is 36.6 Å². The van der Waals surface area contributed by atoms with Crippen molar-refractivity contribution in [3.05, 3.63) is 78.4 Å². The van der Waals surface area contributed by atoms with E-state index in [9.17, 15) is 13.2 Å². The fourth-order valence-corrected chi connectivity index (χ4v) is 3.02. The fraction of sp³-hybridized carbons (Fsp3) is 0.217. The van der Waals surface area contributed by atoms with Gasteiger partial charge in [-0.2, -0.15) is 0 Å². The lowest BCUT2D eigenvalue weighted by Crippen LogP contribution is -2.50. The molecule has 0 amide bonds. The highest BCUT2D eigenvalue weighted by atomic mass is 35.5. The fourth-order valence-electron chi connectivity index (χ4n) is 3.02. The summed E-state index contributed by atoms with van der Waals surface area (Å²) in [7, 11) is 0. The van der Waals surface area contributed by atoms with E-state index in [0.717, 1.165) is 5.56 Å². The number of benzene rings is 3. The highest BCUT2D eigenvalue weighted by Crippen LogP contribution is 2.37. The smallest absolute Gasteiger partial charge is 0.489 e. The summed E-state index contributed by atoms with van der Waals surface area (Å²) < 4.78 is 54.4. The van der Waals surface area contributed by atoms with Crippen molar-refractivity contribution < 1.29 is 27.4 Å². The average Bonchev–Trinajstić information content (AvgIpc) is 2.70. The zero-order valence-corrected chi connectivity index (χ0v) is 17.2. The number of rotatable bonds is 7. The Hall–Kier alpha value is -2.90. The van der Waals surface area contributed by atoms with Gasteiger partial charge in [-0.25, -0.2) is 0 Å². The molecule has 0 aromatic heterocycles. The largest absolute Gasteiger partial charge is 0.573 e. The van der Waals surface area contributed by atoms with Crippen LogP contribution in [0.15, 0.2) is 72.8 Å². The molecule has 0 bridgehead atoms. The summed E-state index contributed by atoms with van der Waals surface area (Å²) in [6.45, 7) is 1.58. The van der Waals surface area contributed by atoms with Gasteiger partial charge in [0.2, 0.25) is 0 Å². The van der Waals surface area contributed by atoms with E-state index in [1.165, 1.54) is 12.1 Å². The standard InChI is InChI=1S/C23H20F3NO3.ClH/c24-23(25,26)30-22-12-18(9-10-21(22)29-20-13-27-14-20)17-7-4-8-19(11-17)28-15-16-5-2-1-3-6-16;/h1-12,20,27H,13-15H2;1H. The van der Waals surface area contributed by atoms with Gasteiger partial charge in [0.1, 0.15) is 18.5 Å². The zero-order chi connectivity index (χ0) is 21.0. The minimum absolute atomic E-state index is 0. The summed E-state index contributed by atoms with van der Waals surface area (Å²) in [6, 6.07) is 21.5. The topological polar surface area (TPSA) is 39.7 Å². The molecule has 1 fully saturated rings. The minimum atomic E-state index is -4.81. The molecule has 164 valence electrons. The molecule has 0 atom stereocenters. The van der Waals surface area contributed by atoms with Crippen molar-refractivity contribution in [2.75, 3.05) is 13.1 Å². The maximum Gasteiger partial charge on any atom is 0.573 e. The quantitative estimate of drug-likeness (QED) is 0.507. The first-order valence-electron chi connectivity index (χ1n) is 9.51. The molecule has 4 nitrogen and oxygen atoms in total. The Kier molecular flexibility index (Phi) is 7.30. The SMILES string of the molecule is Cl.FC(F)(F)Oc1cc(-c2cccc(OCc3ccccc3)c2)ccc1OC1CNC1. The number of hydrogen-bond donors (Lipinski definition) is 1. The van der Waals surface area contributed by atoms with Crippen LogP contribution in [0, 0.1) is 0 Å². The van der Waals surface area contributed by atoms with Gasteiger partial charge >= 0.3 is 6.36 Å². The number of hydrogen-bond acceptors (Lipinski definition) is 4. The number of alkyl halides is 3. The van der Waals surface area contributed by atoms with Crippen molar-refractivity contribution in [3.63, 3.8) is 0 Å². The van der Waals surface area contributed by atoms with E-state index in [2.05, 4.69) is 10.1 Å². The van der Waals surface area contributed by atoms with Crippen LogP contribution in [0.2, 0.25) is 0 Å². The first-order valence-corrected chi connectivity index (χ1v) is 9.51. The van der Waals surface area contributed by atoms with Crippen LogP contribution >= 0.6 is 12.4 Å². The highest BCUT2D eigenvalue weighted by molar-refractivity contribution is 5.85. The van der Waals surface area contributed by atoms with Gasteiger partial charge < -0.3 is 19.5 Å². The first kappa shape index (κ1) is 22.8. The van der Waals surface area contributed by atoms with E-state index in [-0.39, 0.29) is 30.0 Å². The Balaban J connectivity index is 0.00000272. The van der Waals surface area contributed by atoms with Crippen molar-refractivity contribution in [2.45, 2.75) is 19.1 Å². The van der Waals surface area contributed by atoms with E-state index in [1.54, 1.807) is 30.3 Å². The Morgan fingerprint density at radius 3 is 2.26 bits per heavy atom. The predicted molar refractivity (Wildman–Crippen MR) is 114 cm³/mol. The molecule has 1 N–H and O–H groups in total. The second-order valence-electron chi connectivity index (χ2n) is 6.91. The van der Waals surface area contributed by atoms with Gasteiger partial charge in [-0.05, 0) is 41.0 Å². The third-order valence-corrected chi connectivity index (χ3v) is 4.62. The molecular formula is C23H21ClF3NO3. The number of halogens is 4. The maximum absolute atomic E-state index is 12.9. The van der Waals surface area contributed by atoms with Gasteiger partial charge in [-0.1, -0.05) is 48.5 Å². The number of nitrogens with one attached hydrogen (secondary N) is 1. The molecule has 31 heavy (non-hydrogen) atoms. The molecular weight excluding hydrogens is 431 g/mol. The third kappa shape index (κ3) is 6.29. The normalized spacial score (nSPS) is 13.6. The highest BCUT2D eigenvalue weighted by Gasteiger charge is 2.33. The molecule has 0 unspecified atom stereocenters. The lowest BCUT2D eigenvalue weighted by Gasteiger charge is -2.28. The predicted octanol–water partition coefficient (Wildman–Crippen LogP) is 5.60. The molecule has 1 heterocycles. The molecule has 1 aliphatic rings. The van der Waals surface area contributed by atoms with Gasteiger partial charge in [-0.3, -0.25) is 0 Å². The Morgan fingerprint density at radius 1 is 0.839 bits per heavy atom. The summed E-state index contributed by atoms with van der Waals surface area (Å²) in [4.78, 5) is 0. The third-order valence-electron chi connectivity index (χ3n) is 4.62. The van der Waals surface area contributed by atoms with E-state index < -0.39 is 6.36 Å². The van der Waals surface area contributed by atoms with Crippen LogP contribution in [0.1, 0.15) is 5.56 Å². The summed E-state index contributed by atoms with van der Waals surface area (Å²) >= 11 is 0. The van der Waals surface area contributed by atoms with Crippen molar-refractivity contribution in [1.29, 1.82) is 0 Å². The summed E-state index contributed by atoms with van der Waals surface area (Å²) in [6.07, 6.45) is -4.98. The van der Waals surface area contributed by atoms with Crippen molar-refractivity contribution in [1.82, 2.24) is 5.32 Å². The van der Waals surface area contributed by atoms with Crippen molar-refractivity contribution >= 4 is 12.4 Å². The van der Waals surface area contributed by atoms with Crippen molar-refractivity contribution in [3.8, 4) is 28.4 Å². The number of ether oxygens (including phenoxy) is 3.